The van der Waals surface area contributed by atoms with Crippen molar-refractivity contribution in [3.63, 3.8) is 0 Å². The van der Waals surface area contributed by atoms with Crippen LogP contribution in [-0.2, 0) is 10.0 Å². The first-order valence-corrected chi connectivity index (χ1v) is 10.3. The monoisotopic (exact) mass is 444 g/mol. The lowest BCUT2D eigenvalue weighted by Crippen LogP contribution is -2.30. The second-order valence-corrected chi connectivity index (χ2v) is 8.36. The summed E-state index contributed by atoms with van der Waals surface area (Å²) in [6.45, 7) is 4.25. The number of hydrogen-bond acceptors (Lipinski definition) is 3. The van der Waals surface area contributed by atoms with Crippen molar-refractivity contribution in [1.29, 1.82) is 0 Å². The molecule has 8 heteroatoms. The van der Waals surface area contributed by atoms with Crippen LogP contribution in [-0.4, -0.2) is 31.7 Å². The van der Waals surface area contributed by atoms with E-state index in [1.54, 1.807) is 44.2 Å². The van der Waals surface area contributed by atoms with Crippen molar-refractivity contribution in [3.05, 3.63) is 57.5 Å². The van der Waals surface area contributed by atoms with Gasteiger partial charge in [-0.2, -0.15) is 4.31 Å². The fourth-order valence-electron chi connectivity index (χ4n) is 2.30. The van der Waals surface area contributed by atoms with Crippen LogP contribution in [0, 0.1) is 0 Å². The number of hydrogen-bond donors (Lipinski definition) is 1. The molecule has 5 nitrogen and oxygen atoms in total. The summed E-state index contributed by atoms with van der Waals surface area (Å²) in [6.07, 6.45) is 0. The molecule has 0 aliphatic rings. The van der Waals surface area contributed by atoms with Crippen LogP contribution in [0.5, 0.6) is 0 Å². The normalized spacial score (nSPS) is 11.6. The molecule has 2 rings (SSSR count). The van der Waals surface area contributed by atoms with Gasteiger partial charge in [0, 0.05) is 17.6 Å². The van der Waals surface area contributed by atoms with Gasteiger partial charge < -0.3 is 5.32 Å². The molecule has 0 bridgehead atoms. The van der Waals surface area contributed by atoms with Gasteiger partial charge in [0.15, 0.2) is 0 Å². The molecule has 0 saturated carbocycles. The highest BCUT2D eigenvalue weighted by atomic mass is 79.9. The Morgan fingerprint density at radius 2 is 1.80 bits per heavy atom. The topological polar surface area (TPSA) is 66.5 Å². The minimum absolute atomic E-state index is 0.0729. The molecule has 0 aliphatic heterocycles. The lowest BCUT2D eigenvalue weighted by atomic mass is 10.2. The Morgan fingerprint density at radius 3 is 2.40 bits per heavy atom. The number of nitrogens with zero attached hydrogens (tertiary/aromatic N) is 1. The molecule has 0 heterocycles. The molecule has 0 spiro atoms. The number of amides is 1. The molecule has 0 aromatic heterocycles. The van der Waals surface area contributed by atoms with E-state index in [1.165, 1.54) is 16.4 Å². The first kappa shape index (κ1) is 19.9. The van der Waals surface area contributed by atoms with E-state index in [0.717, 1.165) is 0 Å². The van der Waals surface area contributed by atoms with Gasteiger partial charge in [0.05, 0.1) is 21.2 Å². The van der Waals surface area contributed by atoms with Gasteiger partial charge in [-0.25, -0.2) is 8.42 Å². The highest BCUT2D eigenvalue weighted by Crippen LogP contribution is 2.26. The van der Waals surface area contributed by atoms with E-state index in [-0.39, 0.29) is 10.5 Å². The summed E-state index contributed by atoms with van der Waals surface area (Å²) in [7, 11) is -3.65. The molecule has 2 aromatic rings. The molecule has 2 aromatic carbocycles. The quantitative estimate of drug-likeness (QED) is 0.717. The molecule has 0 fully saturated rings. The maximum absolute atomic E-state index is 12.7. The third-order valence-corrected chi connectivity index (χ3v) is 6.71. The zero-order valence-corrected chi connectivity index (χ0v) is 17.0. The number of sulfonamides is 1. The van der Waals surface area contributed by atoms with Crippen molar-refractivity contribution >= 4 is 49.1 Å². The fourth-order valence-corrected chi connectivity index (χ4v) is 4.40. The van der Waals surface area contributed by atoms with Crippen molar-refractivity contribution < 1.29 is 13.2 Å². The van der Waals surface area contributed by atoms with E-state index in [9.17, 15) is 13.2 Å². The molecule has 0 atom stereocenters. The van der Waals surface area contributed by atoms with Crippen molar-refractivity contribution in [3.8, 4) is 0 Å². The summed E-state index contributed by atoms with van der Waals surface area (Å²) in [4.78, 5) is 12.6. The maximum atomic E-state index is 12.7. The van der Waals surface area contributed by atoms with Gasteiger partial charge in [-0.05, 0) is 46.3 Å². The zero-order chi connectivity index (χ0) is 18.6. The predicted octanol–water partition coefficient (Wildman–Crippen LogP) is 4.39. The number of carbonyl (C=O) groups is 1. The van der Waals surface area contributed by atoms with E-state index < -0.39 is 15.9 Å². The number of benzene rings is 2. The number of nitrogens with one attached hydrogen (secondary N) is 1. The number of para-hydroxylation sites is 1. The summed E-state index contributed by atoms with van der Waals surface area (Å²) in [5, 5.41) is 3.10. The molecular weight excluding hydrogens is 428 g/mol. The predicted molar refractivity (Wildman–Crippen MR) is 104 cm³/mol. The van der Waals surface area contributed by atoms with Crippen LogP contribution in [0.15, 0.2) is 51.8 Å². The smallest absolute Gasteiger partial charge is 0.256 e. The number of halogens is 2. The Morgan fingerprint density at radius 1 is 1.16 bits per heavy atom. The third kappa shape index (κ3) is 4.41. The van der Waals surface area contributed by atoms with Gasteiger partial charge >= 0.3 is 0 Å². The summed E-state index contributed by atoms with van der Waals surface area (Å²) in [5.74, 6) is -0.448. The number of rotatable bonds is 6. The lowest BCUT2D eigenvalue weighted by Gasteiger charge is -2.19. The molecule has 1 amide bonds. The van der Waals surface area contributed by atoms with Gasteiger partial charge in [-0.3, -0.25) is 4.79 Å². The van der Waals surface area contributed by atoms with Crippen LogP contribution in [0.25, 0.3) is 0 Å². The SMILES string of the molecule is CCN(CC)S(=O)(=O)c1ccc(Br)c(C(=O)Nc2ccccc2Cl)c1. The average molecular weight is 446 g/mol. The van der Waals surface area contributed by atoms with Crippen LogP contribution in [0.4, 0.5) is 5.69 Å². The first-order valence-electron chi connectivity index (χ1n) is 7.66. The highest BCUT2D eigenvalue weighted by molar-refractivity contribution is 9.10. The second-order valence-electron chi connectivity index (χ2n) is 5.16. The third-order valence-electron chi connectivity index (χ3n) is 3.65. The number of carbonyl (C=O) groups excluding carboxylic acids is 1. The molecule has 0 saturated heterocycles. The Bertz CT molecular complexity index is 883. The van der Waals surface area contributed by atoms with E-state index in [0.29, 0.717) is 28.3 Å². The van der Waals surface area contributed by atoms with Crippen molar-refractivity contribution in [2.45, 2.75) is 18.7 Å². The summed E-state index contributed by atoms with van der Waals surface area (Å²) in [5.41, 5.74) is 0.672. The van der Waals surface area contributed by atoms with Crippen molar-refractivity contribution in [2.75, 3.05) is 18.4 Å². The number of anilines is 1. The summed E-state index contributed by atoms with van der Waals surface area (Å²) >= 11 is 9.35. The molecule has 0 radical (unpaired) electrons. The zero-order valence-electron chi connectivity index (χ0n) is 13.8. The molecule has 0 aliphatic carbocycles. The van der Waals surface area contributed by atoms with Crippen LogP contribution in [0.2, 0.25) is 5.02 Å². The fraction of sp³-hybridized carbons (Fsp3) is 0.235. The van der Waals surface area contributed by atoms with E-state index in [1.807, 2.05) is 0 Å². The Kier molecular flexibility index (Phi) is 6.62. The summed E-state index contributed by atoms with van der Waals surface area (Å²) in [6, 6.07) is 11.2. The standard InChI is InChI=1S/C17H18BrClN2O3S/c1-3-21(4-2)25(23,24)12-9-10-14(18)13(11-12)17(22)20-16-8-6-5-7-15(16)19/h5-11H,3-4H2,1-2H3,(H,20,22). The average Bonchev–Trinajstić information content (AvgIpc) is 2.58. The first-order chi connectivity index (χ1) is 11.8. The Hall–Kier alpha value is -1.41. The van der Waals surface area contributed by atoms with Gasteiger partial charge in [0.1, 0.15) is 0 Å². The summed E-state index contributed by atoms with van der Waals surface area (Å²) < 4.78 is 27.1. The second kappa shape index (κ2) is 8.31. The minimum atomic E-state index is -3.65. The Balaban J connectivity index is 2.39. The molecule has 1 N–H and O–H groups in total. The van der Waals surface area contributed by atoms with Crippen molar-refractivity contribution in [2.24, 2.45) is 0 Å². The Labute approximate surface area is 161 Å². The molecule has 134 valence electrons. The van der Waals surface area contributed by atoms with Crippen LogP contribution < -0.4 is 5.32 Å². The maximum Gasteiger partial charge on any atom is 0.256 e. The van der Waals surface area contributed by atoms with Gasteiger partial charge in [-0.15, -0.1) is 0 Å². The minimum Gasteiger partial charge on any atom is -0.321 e. The van der Waals surface area contributed by atoms with Crippen LogP contribution in [0.1, 0.15) is 24.2 Å². The van der Waals surface area contributed by atoms with Crippen LogP contribution in [0.3, 0.4) is 0 Å². The highest BCUT2D eigenvalue weighted by Gasteiger charge is 2.24. The lowest BCUT2D eigenvalue weighted by molar-refractivity contribution is 0.102. The van der Waals surface area contributed by atoms with E-state index in [2.05, 4.69) is 21.2 Å². The molecular formula is C17H18BrClN2O3S. The molecule has 0 unspecified atom stereocenters. The molecule has 25 heavy (non-hydrogen) atoms. The van der Waals surface area contributed by atoms with Crippen LogP contribution >= 0.6 is 27.5 Å². The van der Waals surface area contributed by atoms with Gasteiger partial charge in [-0.1, -0.05) is 37.6 Å². The van der Waals surface area contributed by atoms with Gasteiger partial charge in [0.2, 0.25) is 10.0 Å². The van der Waals surface area contributed by atoms with E-state index in [4.69, 9.17) is 11.6 Å². The van der Waals surface area contributed by atoms with Crippen molar-refractivity contribution in [1.82, 2.24) is 4.31 Å². The van der Waals surface area contributed by atoms with E-state index >= 15 is 0 Å². The van der Waals surface area contributed by atoms with Gasteiger partial charge in [0.25, 0.3) is 5.91 Å². The largest absolute Gasteiger partial charge is 0.321 e.